The molecule has 100 valence electrons. The van der Waals surface area contributed by atoms with Crippen molar-refractivity contribution in [1.29, 1.82) is 0 Å². The molecule has 1 unspecified atom stereocenters. The molecule has 5 nitrogen and oxygen atoms in total. The zero-order valence-electron chi connectivity index (χ0n) is 11.0. The van der Waals surface area contributed by atoms with E-state index >= 15 is 0 Å². The summed E-state index contributed by atoms with van der Waals surface area (Å²) < 4.78 is 9.93. The topological polar surface area (TPSA) is 87.6 Å². The van der Waals surface area contributed by atoms with E-state index in [0.717, 1.165) is 5.56 Å². The van der Waals surface area contributed by atoms with Crippen LogP contribution in [-0.4, -0.2) is 26.7 Å². The molecule has 1 aromatic carbocycles. The number of esters is 1. The van der Waals surface area contributed by atoms with Gasteiger partial charge in [0.15, 0.2) is 0 Å². The number of carbonyl (C=O) groups excluding carboxylic acids is 1. The van der Waals surface area contributed by atoms with Gasteiger partial charge in [-0.3, -0.25) is 4.79 Å². The van der Waals surface area contributed by atoms with Crippen LogP contribution in [0.25, 0.3) is 0 Å². The van der Waals surface area contributed by atoms with Crippen LogP contribution < -0.4 is 16.2 Å². The summed E-state index contributed by atoms with van der Waals surface area (Å²) in [4.78, 5) is 11.7. The predicted molar refractivity (Wildman–Crippen MR) is 70.3 cm³/mol. The van der Waals surface area contributed by atoms with E-state index in [9.17, 15) is 4.79 Å². The predicted octanol–water partition coefficient (Wildman–Crippen LogP) is 0.958. The number of carbonyl (C=O) groups is 1. The summed E-state index contributed by atoms with van der Waals surface area (Å²) in [6.45, 7) is 1.98. The van der Waals surface area contributed by atoms with Gasteiger partial charge >= 0.3 is 5.97 Å². The zero-order valence-corrected chi connectivity index (χ0v) is 11.0. The number of benzene rings is 1. The smallest absolute Gasteiger partial charge is 0.313 e. The summed E-state index contributed by atoms with van der Waals surface area (Å²) >= 11 is 0. The van der Waals surface area contributed by atoms with E-state index in [1.165, 1.54) is 7.11 Å². The minimum absolute atomic E-state index is 0.205. The Morgan fingerprint density at radius 3 is 2.50 bits per heavy atom. The molecule has 4 N–H and O–H groups in total. The highest BCUT2D eigenvalue weighted by atomic mass is 16.5. The molecule has 0 saturated heterocycles. The van der Waals surface area contributed by atoms with Crippen LogP contribution in [0.2, 0.25) is 0 Å². The van der Waals surface area contributed by atoms with Crippen molar-refractivity contribution in [3.63, 3.8) is 0 Å². The molecule has 1 atom stereocenters. The highest BCUT2D eigenvalue weighted by Gasteiger charge is 2.33. The van der Waals surface area contributed by atoms with Gasteiger partial charge in [-0.15, -0.1) is 0 Å². The molecule has 18 heavy (non-hydrogen) atoms. The van der Waals surface area contributed by atoms with Gasteiger partial charge in [0.1, 0.15) is 5.75 Å². The second-order valence-corrected chi connectivity index (χ2v) is 4.55. The van der Waals surface area contributed by atoms with Crippen molar-refractivity contribution >= 4 is 11.7 Å². The molecule has 0 radical (unpaired) electrons. The van der Waals surface area contributed by atoms with Crippen molar-refractivity contribution < 1.29 is 14.3 Å². The van der Waals surface area contributed by atoms with Crippen molar-refractivity contribution in [2.75, 3.05) is 26.5 Å². The number of methoxy groups -OCH3 is 2. The molecule has 0 bridgehead atoms. The number of hydrogen-bond acceptors (Lipinski definition) is 5. The fourth-order valence-corrected chi connectivity index (χ4v) is 1.83. The highest BCUT2D eigenvalue weighted by Crippen LogP contribution is 2.27. The van der Waals surface area contributed by atoms with Gasteiger partial charge in [0, 0.05) is 18.3 Å². The molecule has 0 saturated carbocycles. The van der Waals surface area contributed by atoms with Crippen molar-refractivity contribution in [3.05, 3.63) is 23.8 Å². The number of nitrogen functional groups attached to an aromatic ring is 1. The Morgan fingerprint density at radius 2 is 2.00 bits per heavy atom. The molecular formula is C13H20N2O3. The monoisotopic (exact) mass is 252 g/mol. The van der Waals surface area contributed by atoms with Crippen LogP contribution in [-0.2, 0) is 16.0 Å². The van der Waals surface area contributed by atoms with Crippen molar-refractivity contribution in [3.8, 4) is 5.75 Å². The lowest BCUT2D eigenvalue weighted by molar-refractivity contribution is -0.151. The van der Waals surface area contributed by atoms with Crippen LogP contribution in [0.5, 0.6) is 5.75 Å². The standard InChI is InChI=1S/C13H20N2O3/c1-13(8-14,12(16)18-3)7-9-4-10(15)6-11(5-9)17-2/h4-6H,7-8,14-15H2,1-3H3. The SMILES string of the molecule is COC(=O)C(C)(CN)Cc1cc(N)cc(OC)c1. The highest BCUT2D eigenvalue weighted by molar-refractivity contribution is 5.77. The van der Waals surface area contributed by atoms with Crippen LogP contribution in [0.1, 0.15) is 12.5 Å². The Morgan fingerprint density at radius 1 is 1.33 bits per heavy atom. The molecule has 1 rings (SSSR count). The second-order valence-electron chi connectivity index (χ2n) is 4.55. The minimum atomic E-state index is -0.756. The number of anilines is 1. The Bertz CT molecular complexity index is 434. The van der Waals surface area contributed by atoms with Crippen LogP contribution in [0, 0.1) is 5.41 Å². The summed E-state index contributed by atoms with van der Waals surface area (Å²) in [6.07, 6.45) is 0.456. The first-order chi connectivity index (χ1) is 8.45. The van der Waals surface area contributed by atoms with Gasteiger partial charge in [0.25, 0.3) is 0 Å². The Labute approximate surface area is 107 Å². The molecule has 0 amide bonds. The fraction of sp³-hybridized carbons (Fsp3) is 0.462. The quantitative estimate of drug-likeness (QED) is 0.602. The van der Waals surface area contributed by atoms with E-state index in [-0.39, 0.29) is 12.5 Å². The first-order valence-corrected chi connectivity index (χ1v) is 5.67. The van der Waals surface area contributed by atoms with E-state index < -0.39 is 5.41 Å². The number of rotatable bonds is 5. The average molecular weight is 252 g/mol. The Kier molecular flexibility index (Phi) is 4.55. The maximum Gasteiger partial charge on any atom is 0.313 e. The average Bonchev–Trinajstić information content (AvgIpc) is 2.36. The summed E-state index contributed by atoms with van der Waals surface area (Å²) in [7, 11) is 2.93. The summed E-state index contributed by atoms with van der Waals surface area (Å²) in [5, 5.41) is 0. The lowest BCUT2D eigenvalue weighted by Gasteiger charge is -2.25. The number of ether oxygens (including phenoxy) is 2. The van der Waals surface area contributed by atoms with Gasteiger partial charge in [0.05, 0.1) is 19.6 Å². The maximum absolute atomic E-state index is 11.7. The third-order valence-electron chi connectivity index (χ3n) is 2.95. The van der Waals surface area contributed by atoms with Crippen LogP contribution in [0.4, 0.5) is 5.69 Å². The lowest BCUT2D eigenvalue weighted by Crippen LogP contribution is -2.38. The molecule has 0 aromatic heterocycles. The van der Waals surface area contributed by atoms with Gasteiger partial charge < -0.3 is 20.9 Å². The summed E-state index contributed by atoms with van der Waals surface area (Å²) in [5.74, 6) is 0.334. The zero-order chi connectivity index (χ0) is 13.8. The van der Waals surface area contributed by atoms with Crippen molar-refractivity contribution in [1.82, 2.24) is 0 Å². The van der Waals surface area contributed by atoms with Crippen LogP contribution in [0.3, 0.4) is 0 Å². The molecule has 5 heteroatoms. The van der Waals surface area contributed by atoms with Gasteiger partial charge in [-0.05, 0) is 31.0 Å². The Balaban J connectivity index is 3.01. The van der Waals surface area contributed by atoms with Crippen LogP contribution in [0.15, 0.2) is 18.2 Å². The van der Waals surface area contributed by atoms with E-state index in [4.69, 9.17) is 20.9 Å². The van der Waals surface area contributed by atoms with Crippen molar-refractivity contribution in [2.45, 2.75) is 13.3 Å². The largest absolute Gasteiger partial charge is 0.497 e. The van der Waals surface area contributed by atoms with Gasteiger partial charge in [-0.2, -0.15) is 0 Å². The normalized spacial score (nSPS) is 13.8. The van der Waals surface area contributed by atoms with E-state index in [1.54, 1.807) is 26.2 Å². The second kappa shape index (κ2) is 5.73. The number of nitrogens with two attached hydrogens (primary N) is 2. The lowest BCUT2D eigenvalue weighted by atomic mass is 9.83. The first-order valence-electron chi connectivity index (χ1n) is 5.67. The van der Waals surface area contributed by atoms with Crippen molar-refractivity contribution in [2.24, 2.45) is 11.1 Å². The van der Waals surface area contributed by atoms with E-state index in [1.807, 2.05) is 6.07 Å². The molecule has 0 aliphatic rings. The van der Waals surface area contributed by atoms with Gasteiger partial charge in [-0.1, -0.05) is 0 Å². The molecule has 0 spiro atoms. The molecule has 0 heterocycles. The first kappa shape index (κ1) is 14.3. The third-order valence-corrected chi connectivity index (χ3v) is 2.95. The van der Waals surface area contributed by atoms with E-state index in [2.05, 4.69) is 0 Å². The van der Waals surface area contributed by atoms with E-state index in [0.29, 0.717) is 17.9 Å². The summed E-state index contributed by atoms with van der Waals surface area (Å²) in [6, 6.07) is 5.37. The summed E-state index contributed by atoms with van der Waals surface area (Å²) in [5.41, 5.74) is 12.2. The van der Waals surface area contributed by atoms with Gasteiger partial charge in [0.2, 0.25) is 0 Å². The fourth-order valence-electron chi connectivity index (χ4n) is 1.83. The molecule has 1 aromatic rings. The Hall–Kier alpha value is -1.75. The molecule has 0 fully saturated rings. The van der Waals surface area contributed by atoms with Gasteiger partial charge in [-0.25, -0.2) is 0 Å². The third kappa shape index (κ3) is 3.13. The van der Waals surface area contributed by atoms with Crippen LogP contribution >= 0.6 is 0 Å². The number of hydrogen-bond donors (Lipinski definition) is 2. The molecule has 0 aliphatic carbocycles. The molecular weight excluding hydrogens is 232 g/mol. The maximum atomic E-state index is 11.7. The molecule has 0 aliphatic heterocycles. The minimum Gasteiger partial charge on any atom is -0.497 e.